The lowest BCUT2D eigenvalue weighted by Crippen LogP contribution is -2.49. The number of carbonyl (C=O) groups excluding carboxylic acids is 1. The van der Waals surface area contributed by atoms with Crippen LogP contribution in [0, 0.1) is 0 Å². The molecule has 178 valence electrons. The van der Waals surface area contributed by atoms with Crippen molar-refractivity contribution < 1.29 is 15.0 Å². The van der Waals surface area contributed by atoms with Crippen molar-refractivity contribution in [3.63, 3.8) is 0 Å². The summed E-state index contributed by atoms with van der Waals surface area (Å²) in [5.74, 6) is -0.280. The second-order valence-electron chi connectivity index (χ2n) is 8.92. The number of amides is 1. The van der Waals surface area contributed by atoms with Crippen molar-refractivity contribution in [1.29, 1.82) is 0 Å². The first kappa shape index (κ1) is 24.1. The van der Waals surface area contributed by atoms with E-state index in [-0.39, 0.29) is 22.7 Å². The Morgan fingerprint density at radius 2 is 1.82 bits per heavy atom. The Hall–Kier alpha value is -2.03. The van der Waals surface area contributed by atoms with E-state index in [1.54, 1.807) is 0 Å². The monoisotopic (exact) mass is 492 g/mol. The molecule has 2 fully saturated rings. The summed E-state index contributed by atoms with van der Waals surface area (Å²) < 4.78 is 0. The summed E-state index contributed by atoms with van der Waals surface area (Å²) in [4.78, 5) is 16.0. The molecule has 2 aliphatic heterocycles. The van der Waals surface area contributed by atoms with Crippen LogP contribution in [-0.2, 0) is 11.3 Å². The summed E-state index contributed by atoms with van der Waals surface area (Å²) in [5.41, 5.74) is 2.43. The van der Waals surface area contributed by atoms with E-state index < -0.39 is 6.10 Å². The Labute approximate surface area is 204 Å². The van der Waals surface area contributed by atoms with E-state index in [0.717, 1.165) is 37.5 Å². The Bertz CT molecular complexity index is 980. The summed E-state index contributed by atoms with van der Waals surface area (Å²) in [6, 6.07) is 11.3. The van der Waals surface area contributed by atoms with E-state index in [2.05, 4.69) is 27.7 Å². The van der Waals surface area contributed by atoms with Crippen LogP contribution in [-0.4, -0.2) is 65.4 Å². The van der Waals surface area contributed by atoms with Gasteiger partial charge in [-0.25, -0.2) is 0 Å². The highest BCUT2D eigenvalue weighted by molar-refractivity contribution is 6.32. The van der Waals surface area contributed by atoms with E-state index in [0.29, 0.717) is 30.5 Å². The first-order valence-corrected chi connectivity index (χ1v) is 12.0. The number of β-amino-alcohol motifs (C(OH)–C–C–N with tert-alkyl or cyclic N) is 1. The number of aromatic hydroxyl groups is 1. The Morgan fingerprint density at radius 3 is 2.48 bits per heavy atom. The number of hydrogen-bond donors (Lipinski definition) is 4. The molecule has 7 nitrogen and oxygen atoms in total. The molecule has 0 saturated carbocycles. The highest BCUT2D eigenvalue weighted by Gasteiger charge is 2.35. The minimum atomic E-state index is -0.555. The molecule has 0 spiro atoms. The number of likely N-dealkylation sites (tertiary alicyclic amines) is 1. The van der Waals surface area contributed by atoms with Crippen molar-refractivity contribution in [2.24, 2.45) is 0 Å². The van der Waals surface area contributed by atoms with Gasteiger partial charge in [-0.2, -0.15) is 0 Å². The van der Waals surface area contributed by atoms with Crippen molar-refractivity contribution >= 4 is 40.5 Å². The zero-order valence-electron chi connectivity index (χ0n) is 18.6. The van der Waals surface area contributed by atoms with Gasteiger partial charge in [0, 0.05) is 43.7 Å². The van der Waals surface area contributed by atoms with Crippen LogP contribution in [0.4, 0.5) is 11.4 Å². The number of aliphatic hydroxyl groups excluding tert-OH is 1. The van der Waals surface area contributed by atoms with Crippen molar-refractivity contribution in [3.05, 3.63) is 52.0 Å². The number of phenols is 1. The number of rotatable bonds is 6. The number of nitrogens with one attached hydrogen (secondary N) is 2. The van der Waals surface area contributed by atoms with Crippen LogP contribution in [0.3, 0.4) is 0 Å². The van der Waals surface area contributed by atoms with E-state index in [1.165, 1.54) is 24.6 Å². The summed E-state index contributed by atoms with van der Waals surface area (Å²) >= 11 is 12.0. The molecule has 1 amide bonds. The largest absolute Gasteiger partial charge is 0.506 e. The van der Waals surface area contributed by atoms with Crippen LogP contribution >= 0.6 is 23.2 Å². The number of benzene rings is 2. The smallest absolute Gasteiger partial charge is 0.221 e. The standard InChI is InChI=1S/C24H30Cl2N4O3/c1-15(31)27-20-10-19(26)23(32)11-22(20)30-13-21(24(33)14-30)28-18-6-8-29(9-7-18)12-16-2-4-17(25)5-3-16/h2-5,10-11,18,21,24,28,32-33H,6-9,12-14H2,1H3,(H,27,31)/t21?,24-/m1/s1. The first-order chi connectivity index (χ1) is 15.8. The van der Waals surface area contributed by atoms with Crippen LogP contribution in [0.25, 0.3) is 0 Å². The molecule has 2 aromatic rings. The second-order valence-corrected chi connectivity index (χ2v) is 9.77. The minimum absolute atomic E-state index is 0.0558. The topological polar surface area (TPSA) is 88.1 Å². The van der Waals surface area contributed by atoms with Crippen LogP contribution in [0.1, 0.15) is 25.3 Å². The van der Waals surface area contributed by atoms with Gasteiger partial charge in [-0.05, 0) is 49.7 Å². The Kier molecular flexibility index (Phi) is 7.66. The molecule has 33 heavy (non-hydrogen) atoms. The van der Waals surface area contributed by atoms with Gasteiger partial charge in [0.05, 0.1) is 28.5 Å². The third kappa shape index (κ3) is 6.11. The molecule has 2 aromatic carbocycles. The zero-order valence-corrected chi connectivity index (χ0v) is 20.1. The summed E-state index contributed by atoms with van der Waals surface area (Å²) in [5, 5.41) is 28.1. The molecule has 2 atom stereocenters. The number of anilines is 2. The van der Waals surface area contributed by atoms with E-state index in [4.69, 9.17) is 23.2 Å². The zero-order chi connectivity index (χ0) is 23.5. The number of carbonyl (C=O) groups is 1. The van der Waals surface area contributed by atoms with Crippen molar-refractivity contribution in [2.75, 3.05) is 36.4 Å². The lowest BCUT2D eigenvalue weighted by Gasteiger charge is -2.34. The molecule has 9 heteroatoms. The fourth-order valence-electron chi connectivity index (χ4n) is 4.66. The predicted molar refractivity (Wildman–Crippen MR) is 132 cm³/mol. The van der Waals surface area contributed by atoms with Gasteiger partial charge in [-0.15, -0.1) is 0 Å². The number of hydrogen-bond acceptors (Lipinski definition) is 6. The SMILES string of the molecule is CC(=O)Nc1cc(Cl)c(O)cc1N1CC(NC2CCN(Cc3ccc(Cl)cc3)CC2)[C@H](O)C1. The lowest BCUT2D eigenvalue weighted by molar-refractivity contribution is -0.114. The maximum Gasteiger partial charge on any atom is 0.221 e. The van der Waals surface area contributed by atoms with Gasteiger partial charge >= 0.3 is 0 Å². The molecular weight excluding hydrogens is 463 g/mol. The average Bonchev–Trinajstić information content (AvgIpc) is 3.13. The third-order valence-electron chi connectivity index (χ3n) is 6.36. The molecule has 2 saturated heterocycles. The Balaban J connectivity index is 1.33. The molecule has 0 bridgehead atoms. The molecule has 0 aromatic heterocycles. The lowest BCUT2D eigenvalue weighted by atomic mass is 10.0. The summed E-state index contributed by atoms with van der Waals surface area (Å²) in [7, 11) is 0. The molecule has 2 aliphatic rings. The molecule has 0 aliphatic carbocycles. The predicted octanol–water partition coefficient (Wildman–Crippen LogP) is 3.46. The van der Waals surface area contributed by atoms with Gasteiger partial charge in [0.2, 0.25) is 5.91 Å². The molecule has 0 radical (unpaired) electrons. The highest BCUT2D eigenvalue weighted by atomic mass is 35.5. The summed E-state index contributed by atoms with van der Waals surface area (Å²) in [6.45, 7) is 5.29. The van der Waals surface area contributed by atoms with Gasteiger partial charge in [0.15, 0.2) is 0 Å². The third-order valence-corrected chi connectivity index (χ3v) is 6.92. The van der Waals surface area contributed by atoms with Gasteiger partial charge < -0.3 is 25.7 Å². The summed E-state index contributed by atoms with van der Waals surface area (Å²) in [6.07, 6.45) is 1.46. The van der Waals surface area contributed by atoms with Gasteiger partial charge in [0.25, 0.3) is 0 Å². The van der Waals surface area contributed by atoms with Crippen LogP contribution < -0.4 is 15.5 Å². The minimum Gasteiger partial charge on any atom is -0.506 e. The first-order valence-electron chi connectivity index (χ1n) is 11.2. The van der Waals surface area contributed by atoms with Gasteiger partial charge in [0.1, 0.15) is 5.75 Å². The van der Waals surface area contributed by atoms with Crippen LogP contribution in [0.2, 0.25) is 10.0 Å². The van der Waals surface area contributed by atoms with Crippen LogP contribution in [0.15, 0.2) is 36.4 Å². The maximum absolute atomic E-state index is 11.6. The van der Waals surface area contributed by atoms with Crippen molar-refractivity contribution in [2.45, 2.75) is 44.5 Å². The van der Waals surface area contributed by atoms with Crippen molar-refractivity contribution in [3.8, 4) is 5.75 Å². The molecule has 2 heterocycles. The number of phenolic OH excluding ortho intramolecular Hbond substituents is 1. The van der Waals surface area contributed by atoms with E-state index in [9.17, 15) is 15.0 Å². The fraction of sp³-hybridized carbons (Fsp3) is 0.458. The Morgan fingerprint density at radius 1 is 1.12 bits per heavy atom. The molecule has 4 N–H and O–H groups in total. The fourth-order valence-corrected chi connectivity index (χ4v) is 4.95. The van der Waals surface area contributed by atoms with Gasteiger partial charge in [-0.3, -0.25) is 9.69 Å². The molecular formula is C24H30Cl2N4O3. The maximum atomic E-state index is 11.6. The highest BCUT2D eigenvalue weighted by Crippen LogP contribution is 2.37. The number of aliphatic hydroxyl groups is 1. The van der Waals surface area contributed by atoms with E-state index >= 15 is 0 Å². The van der Waals surface area contributed by atoms with Crippen LogP contribution in [0.5, 0.6) is 5.75 Å². The quantitative estimate of drug-likeness (QED) is 0.461. The number of piperidine rings is 1. The number of nitrogens with zero attached hydrogens (tertiary/aromatic N) is 2. The van der Waals surface area contributed by atoms with Gasteiger partial charge in [-0.1, -0.05) is 35.3 Å². The van der Waals surface area contributed by atoms with E-state index in [1.807, 2.05) is 17.0 Å². The second kappa shape index (κ2) is 10.5. The normalized spacial score (nSPS) is 22.0. The number of halogens is 2. The average molecular weight is 493 g/mol. The molecule has 4 rings (SSSR count). The molecule has 1 unspecified atom stereocenters. The van der Waals surface area contributed by atoms with Crippen molar-refractivity contribution in [1.82, 2.24) is 10.2 Å².